The molecule has 1 heterocycles. The molecule has 6 heteroatoms. The summed E-state index contributed by atoms with van der Waals surface area (Å²) in [6.07, 6.45) is -0.0450. The Morgan fingerprint density at radius 1 is 1.21 bits per heavy atom. The lowest BCUT2D eigenvalue weighted by Gasteiger charge is -2.13. The van der Waals surface area contributed by atoms with Crippen molar-refractivity contribution in [2.45, 2.75) is 20.0 Å². The molecule has 0 unspecified atom stereocenters. The molecule has 3 aromatic rings. The fourth-order valence-corrected chi connectivity index (χ4v) is 2.32. The summed E-state index contributed by atoms with van der Waals surface area (Å²) in [7, 11) is 0. The lowest BCUT2D eigenvalue weighted by molar-refractivity contribution is 0.0697. The SMILES string of the molecule is CC(C)Oc1ccccc1-c1nc2ccc(C(=O)O)cc2c(=O)o1. The van der Waals surface area contributed by atoms with Crippen LogP contribution in [0.15, 0.2) is 51.7 Å². The summed E-state index contributed by atoms with van der Waals surface area (Å²) in [6.45, 7) is 3.79. The third-order valence-electron chi connectivity index (χ3n) is 3.35. The highest BCUT2D eigenvalue weighted by Gasteiger charge is 2.15. The van der Waals surface area contributed by atoms with Crippen LogP contribution < -0.4 is 10.4 Å². The van der Waals surface area contributed by atoms with E-state index in [0.717, 1.165) is 0 Å². The molecule has 0 amide bonds. The van der Waals surface area contributed by atoms with Crippen molar-refractivity contribution in [3.05, 3.63) is 58.4 Å². The van der Waals surface area contributed by atoms with Gasteiger partial charge in [-0.05, 0) is 44.2 Å². The van der Waals surface area contributed by atoms with Crippen molar-refractivity contribution < 1.29 is 19.1 Å². The number of rotatable bonds is 4. The first-order valence-corrected chi connectivity index (χ1v) is 7.40. The fourth-order valence-electron chi connectivity index (χ4n) is 2.32. The molecule has 0 fully saturated rings. The van der Waals surface area contributed by atoms with E-state index in [1.165, 1.54) is 18.2 Å². The molecule has 0 spiro atoms. The van der Waals surface area contributed by atoms with Crippen LogP contribution in [0.1, 0.15) is 24.2 Å². The average Bonchev–Trinajstić information content (AvgIpc) is 2.54. The molecular formula is C18H15NO5. The van der Waals surface area contributed by atoms with Gasteiger partial charge in [-0.15, -0.1) is 0 Å². The highest BCUT2D eigenvalue weighted by Crippen LogP contribution is 2.29. The Morgan fingerprint density at radius 2 is 1.96 bits per heavy atom. The van der Waals surface area contributed by atoms with Crippen LogP contribution in [0, 0.1) is 0 Å². The molecule has 122 valence electrons. The van der Waals surface area contributed by atoms with Crippen LogP contribution in [0.5, 0.6) is 5.75 Å². The number of fused-ring (bicyclic) bond motifs is 1. The first-order valence-electron chi connectivity index (χ1n) is 7.40. The van der Waals surface area contributed by atoms with Gasteiger partial charge in [-0.3, -0.25) is 0 Å². The molecule has 2 aromatic carbocycles. The number of para-hydroxylation sites is 1. The molecular weight excluding hydrogens is 310 g/mol. The molecule has 0 aliphatic heterocycles. The molecule has 1 N–H and O–H groups in total. The van der Waals surface area contributed by atoms with Crippen molar-refractivity contribution in [2.75, 3.05) is 0 Å². The van der Waals surface area contributed by atoms with Crippen LogP contribution in [0.3, 0.4) is 0 Å². The lowest BCUT2D eigenvalue weighted by atomic mass is 10.1. The predicted molar refractivity (Wildman–Crippen MR) is 88.4 cm³/mol. The van der Waals surface area contributed by atoms with Gasteiger partial charge in [0.15, 0.2) is 0 Å². The van der Waals surface area contributed by atoms with Gasteiger partial charge >= 0.3 is 11.6 Å². The van der Waals surface area contributed by atoms with Crippen LogP contribution in [0.4, 0.5) is 0 Å². The molecule has 3 rings (SSSR count). The van der Waals surface area contributed by atoms with Crippen LogP contribution in [0.25, 0.3) is 22.4 Å². The third-order valence-corrected chi connectivity index (χ3v) is 3.35. The van der Waals surface area contributed by atoms with E-state index in [-0.39, 0.29) is 22.9 Å². The number of aromatic nitrogens is 1. The number of aromatic carboxylic acids is 1. The fraction of sp³-hybridized carbons (Fsp3) is 0.167. The number of carboxylic acids is 1. The Kier molecular flexibility index (Phi) is 4.04. The molecule has 24 heavy (non-hydrogen) atoms. The van der Waals surface area contributed by atoms with Gasteiger partial charge in [-0.25, -0.2) is 14.6 Å². The van der Waals surface area contributed by atoms with Crippen LogP contribution >= 0.6 is 0 Å². The highest BCUT2D eigenvalue weighted by atomic mass is 16.5. The summed E-state index contributed by atoms with van der Waals surface area (Å²) in [5, 5.41) is 9.14. The van der Waals surface area contributed by atoms with Crippen molar-refractivity contribution in [3.8, 4) is 17.2 Å². The van der Waals surface area contributed by atoms with E-state index in [4.69, 9.17) is 14.3 Å². The van der Waals surface area contributed by atoms with E-state index in [9.17, 15) is 9.59 Å². The van der Waals surface area contributed by atoms with Crippen molar-refractivity contribution in [3.63, 3.8) is 0 Å². The van der Waals surface area contributed by atoms with Crippen LogP contribution in [-0.4, -0.2) is 22.2 Å². The molecule has 0 bridgehead atoms. The number of carbonyl (C=O) groups is 1. The quantitative estimate of drug-likeness (QED) is 0.791. The summed E-state index contributed by atoms with van der Waals surface area (Å²) in [5.41, 5.74) is 0.295. The van der Waals surface area contributed by atoms with Gasteiger partial charge in [0.25, 0.3) is 0 Å². The van der Waals surface area contributed by atoms with Gasteiger partial charge in [0, 0.05) is 0 Å². The second-order valence-electron chi connectivity index (χ2n) is 5.51. The van der Waals surface area contributed by atoms with E-state index in [1.807, 2.05) is 19.9 Å². The highest BCUT2D eigenvalue weighted by molar-refractivity contribution is 5.93. The molecule has 0 saturated carbocycles. The van der Waals surface area contributed by atoms with Crippen LogP contribution in [0.2, 0.25) is 0 Å². The van der Waals surface area contributed by atoms with E-state index >= 15 is 0 Å². The first kappa shape index (κ1) is 15.7. The zero-order valence-electron chi connectivity index (χ0n) is 13.1. The van der Waals surface area contributed by atoms with Crippen molar-refractivity contribution in [1.82, 2.24) is 4.98 Å². The molecule has 0 atom stereocenters. The Hall–Kier alpha value is -3.15. The second kappa shape index (κ2) is 6.16. The van der Waals surface area contributed by atoms with Gasteiger partial charge < -0.3 is 14.3 Å². The molecule has 0 aliphatic carbocycles. The van der Waals surface area contributed by atoms with E-state index < -0.39 is 11.6 Å². The standard InChI is InChI=1S/C18H15NO5/c1-10(2)23-15-6-4-3-5-12(15)16-19-14-8-7-11(17(20)21)9-13(14)18(22)24-16/h3-10H,1-2H3,(H,20,21). The van der Waals surface area contributed by atoms with Gasteiger partial charge in [-0.2, -0.15) is 0 Å². The van der Waals surface area contributed by atoms with E-state index in [1.54, 1.807) is 18.2 Å². The number of hydrogen-bond acceptors (Lipinski definition) is 5. The van der Waals surface area contributed by atoms with E-state index in [0.29, 0.717) is 16.8 Å². The molecule has 1 aromatic heterocycles. The third kappa shape index (κ3) is 2.99. The largest absolute Gasteiger partial charge is 0.490 e. The maximum Gasteiger partial charge on any atom is 0.347 e. The van der Waals surface area contributed by atoms with Gasteiger partial charge in [0.2, 0.25) is 5.89 Å². The Morgan fingerprint density at radius 3 is 2.67 bits per heavy atom. The molecule has 0 saturated heterocycles. The average molecular weight is 325 g/mol. The van der Waals surface area contributed by atoms with Crippen molar-refractivity contribution in [1.29, 1.82) is 0 Å². The van der Waals surface area contributed by atoms with Crippen molar-refractivity contribution >= 4 is 16.9 Å². The van der Waals surface area contributed by atoms with Crippen molar-refractivity contribution in [2.24, 2.45) is 0 Å². The van der Waals surface area contributed by atoms with E-state index in [2.05, 4.69) is 4.98 Å². The number of hydrogen-bond donors (Lipinski definition) is 1. The molecule has 0 aliphatic rings. The van der Waals surface area contributed by atoms with Gasteiger partial charge in [0.05, 0.1) is 28.1 Å². The number of benzene rings is 2. The lowest BCUT2D eigenvalue weighted by Crippen LogP contribution is -2.08. The van der Waals surface area contributed by atoms with Gasteiger partial charge in [-0.1, -0.05) is 12.1 Å². The first-order chi connectivity index (χ1) is 11.5. The summed E-state index contributed by atoms with van der Waals surface area (Å²) < 4.78 is 11.0. The Balaban J connectivity index is 2.17. The summed E-state index contributed by atoms with van der Waals surface area (Å²) in [4.78, 5) is 27.6. The minimum atomic E-state index is -1.11. The summed E-state index contributed by atoms with van der Waals surface area (Å²) in [6, 6.07) is 11.3. The predicted octanol–water partition coefficient (Wildman–Crippen LogP) is 3.34. The molecule has 0 radical (unpaired) electrons. The Labute approximate surface area is 137 Å². The summed E-state index contributed by atoms with van der Waals surface area (Å²) in [5.74, 6) is -0.424. The zero-order valence-corrected chi connectivity index (χ0v) is 13.1. The monoisotopic (exact) mass is 325 g/mol. The molecule has 6 nitrogen and oxygen atoms in total. The minimum absolute atomic E-state index is 0.00731. The normalized spacial score (nSPS) is 11.0. The second-order valence-corrected chi connectivity index (χ2v) is 5.51. The summed E-state index contributed by atoms with van der Waals surface area (Å²) >= 11 is 0. The zero-order chi connectivity index (χ0) is 17.3. The number of nitrogens with zero attached hydrogens (tertiary/aromatic N) is 1. The topological polar surface area (TPSA) is 89.6 Å². The Bertz CT molecular complexity index is 975. The number of carboxylic acid groups (broad SMARTS) is 1. The maximum atomic E-state index is 12.2. The minimum Gasteiger partial charge on any atom is -0.490 e. The smallest absolute Gasteiger partial charge is 0.347 e. The number of ether oxygens (including phenoxy) is 1. The van der Waals surface area contributed by atoms with Gasteiger partial charge in [0.1, 0.15) is 5.75 Å². The van der Waals surface area contributed by atoms with Crippen LogP contribution in [-0.2, 0) is 0 Å². The maximum absolute atomic E-state index is 12.2.